The first-order chi connectivity index (χ1) is 11.1. The molecule has 23 heavy (non-hydrogen) atoms. The molecule has 0 aromatic heterocycles. The summed E-state index contributed by atoms with van der Waals surface area (Å²) in [5, 5.41) is 5.81. The van der Waals surface area contributed by atoms with Gasteiger partial charge in [-0.1, -0.05) is 6.08 Å². The highest BCUT2D eigenvalue weighted by Crippen LogP contribution is 2.36. The molecular weight excluding hydrogens is 294 g/mol. The number of benzene rings is 1. The summed E-state index contributed by atoms with van der Waals surface area (Å²) < 4.78 is 10.7. The van der Waals surface area contributed by atoms with Crippen molar-refractivity contribution in [2.45, 2.75) is 19.9 Å². The molecule has 0 bridgehead atoms. The van der Waals surface area contributed by atoms with E-state index in [9.17, 15) is 4.79 Å². The largest absolute Gasteiger partial charge is 0.454 e. The minimum atomic E-state index is -0.0393. The molecule has 1 aromatic rings. The van der Waals surface area contributed by atoms with Crippen molar-refractivity contribution in [2.24, 2.45) is 5.10 Å². The highest BCUT2D eigenvalue weighted by atomic mass is 16.7. The summed E-state index contributed by atoms with van der Waals surface area (Å²) >= 11 is 0. The van der Waals surface area contributed by atoms with Crippen molar-refractivity contribution in [3.63, 3.8) is 0 Å². The van der Waals surface area contributed by atoms with Gasteiger partial charge in [0.25, 0.3) is 0 Å². The highest BCUT2D eigenvalue weighted by molar-refractivity contribution is 5.95. The number of anilines is 1. The van der Waals surface area contributed by atoms with Crippen LogP contribution in [0.3, 0.4) is 0 Å². The van der Waals surface area contributed by atoms with E-state index >= 15 is 0 Å². The molecule has 2 aliphatic rings. The second kappa shape index (κ2) is 6.56. The SMILES string of the molecule is CC(C)N(C(=O)CN1C=CC=CC=N1)c1ccc2c(c1)OCO2. The fourth-order valence-corrected chi connectivity index (χ4v) is 2.50. The van der Waals surface area contributed by atoms with Crippen molar-refractivity contribution in [1.29, 1.82) is 0 Å². The Hall–Kier alpha value is -2.76. The van der Waals surface area contributed by atoms with Gasteiger partial charge in [0.05, 0.1) is 0 Å². The summed E-state index contributed by atoms with van der Waals surface area (Å²) in [7, 11) is 0. The lowest BCUT2D eigenvalue weighted by Gasteiger charge is -2.28. The number of ether oxygens (including phenoxy) is 2. The Bertz CT molecular complexity index is 664. The van der Waals surface area contributed by atoms with E-state index in [0.29, 0.717) is 11.5 Å². The lowest BCUT2D eigenvalue weighted by molar-refractivity contribution is -0.119. The van der Waals surface area contributed by atoms with Crippen molar-refractivity contribution >= 4 is 17.8 Å². The lowest BCUT2D eigenvalue weighted by Crippen LogP contribution is -2.41. The van der Waals surface area contributed by atoms with Crippen LogP contribution in [0.15, 0.2) is 47.7 Å². The van der Waals surface area contributed by atoms with Gasteiger partial charge in [0.1, 0.15) is 6.54 Å². The zero-order valence-electron chi connectivity index (χ0n) is 13.2. The molecule has 3 rings (SSSR count). The van der Waals surface area contributed by atoms with E-state index in [1.807, 2.05) is 50.3 Å². The van der Waals surface area contributed by atoms with Crippen LogP contribution in [0.1, 0.15) is 13.8 Å². The molecule has 0 saturated carbocycles. The third-order valence-corrected chi connectivity index (χ3v) is 3.50. The number of allylic oxidation sites excluding steroid dienone is 3. The Balaban J connectivity index is 1.79. The lowest BCUT2D eigenvalue weighted by atomic mass is 10.2. The molecule has 0 unspecified atom stereocenters. The molecule has 2 aliphatic heterocycles. The van der Waals surface area contributed by atoms with Gasteiger partial charge in [-0.15, -0.1) is 0 Å². The molecule has 6 heteroatoms. The Morgan fingerprint density at radius 1 is 1.26 bits per heavy atom. The second-order valence-electron chi connectivity index (χ2n) is 5.48. The Morgan fingerprint density at radius 3 is 2.91 bits per heavy atom. The van der Waals surface area contributed by atoms with Crippen molar-refractivity contribution in [3.05, 3.63) is 42.6 Å². The van der Waals surface area contributed by atoms with Gasteiger partial charge in [0.2, 0.25) is 12.7 Å². The normalized spacial score (nSPS) is 15.2. The van der Waals surface area contributed by atoms with E-state index in [1.54, 1.807) is 22.3 Å². The average Bonchev–Trinajstić information content (AvgIpc) is 2.83. The van der Waals surface area contributed by atoms with Gasteiger partial charge in [0, 0.05) is 30.2 Å². The first-order valence-electron chi connectivity index (χ1n) is 7.51. The average molecular weight is 313 g/mol. The van der Waals surface area contributed by atoms with E-state index in [4.69, 9.17) is 9.47 Å². The number of hydrazone groups is 1. The Labute approximate surface area is 135 Å². The minimum absolute atomic E-state index is 0.0148. The van der Waals surface area contributed by atoms with Crippen molar-refractivity contribution in [3.8, 4) is 11.5 Å². The zero-order valence-corrected chi connectivity index (χ0v) is 13.2. The summed E-state index contributed by atoms with van der Waals surface area (Å²) in [5.74, 6) is 1.33. The van der Waals surface area contributed by atoms with Gasteiger partial charge in [-0.05, 0) is 38.1 Å². The van der Waals surface area contributed by atoms with Gasteiger partial charge in [0.15, 0.2) is 11.5 Å². The number of amides is 1. The van der Waals surface area contributed by atoms with Crippen LogP contribution in [-0.4, -0.2) is 36.5 Å². The molecule has 120 valence electrons. The van der Waals surface area contributed by atoms with Crippen molar-refractivity contribution < 1.29 is 14.3 Å². The monoisotopic (exact) mass is 313 g/mol. The van der Waals surface area contributed by atoms with E-state index < -0.39 is 0 Å². The van der Waals surface area contributed by atoms with E-state index in [-0.39, 0.29) is 25.3 Å². The first kappa shape index (κ1) is 15.1. The molecule has 0 radical (unpaired) electrons. The van der Waals surface area contributed by atoms with Crippen LogP contribution in [0.2, 0.25) is 0 Å². The number of carbonyl (C=O) groups is 1. The Kier molecular flexibility index (Phi) is 4.32. The van der Waals surface area contributed by atoms with Crippen LogP contribution in [0, 0.1) is 0 Å². The number of carbonyl (C=O) groups excluding carboxylic acids is 1. The molecule has 0 aliphatic carbocycles. The number of hydrogen-bond donors (Lipinski definition) is 0. The smallest absolute Gasteiger partial charge is 0.248 e. The van der Waals surface area contributed by atoms with Crippen LogP contribution in [0.25, 0.3) is 0 Å². The molecule has 0 atom stereocenters. The summed E-state index contributed by atoms with van der Waals surface area (Å²) in [5.41, 5.74) is 0.787. The maximum Gasteiger partial charge on any atom is 0.248 e. The van der Waals surface area contributed by atoms with Crippen molar-refractivity contribution in [2.75, 3.05) is 18.2 Å². The van der Waals surface area contributed by atoms with Crippen molar-refractivity contribution in [1.82, 2.24) is 5.01 Å². The maximum absolute atomic E-state index is 12.7. The number of hydrogen-bond acceptors (Lipinski definition) is 5. The van der Waals surface area contributed by atoms with Crippen LogP contribution >= 0.6 is 0 Å². The molecule has 0 spiro atoms. The molecule has 1 amide bonds. The molecule has 2 heterocycles. The fourth-order valence-electron chi connectivity index (χ4n) is 2.50. The summed E-state index contributed by atoms with van der Waals surface area (Å²) in [6.45, 7) is 4.34. The maximum atomic E-state index is 12.7. The van der Waals surface area contributed by atoms with Gasteiger partial charge in [-0.3, -0.25) is 9.80 Å². The van der Waals surface area contributed by atoms with Gasteiger partial charge >= 0.3 is 0 Å². The van der Waals surface area contributed by atoms with E-state index in [0.717, 1.165) is 5.69 Å². The summed E-state index contributed by atoms with van der Waals surface area (Å²) in [6, 6.07) is 5.55. The standard InChI is InChI=1S/C17H19N3O3/c1-13(2)20(14-6-7-15-16(10-14)23-12-22-15)17(21)11-19-9-5-3-4-8-18-19/h3-10,13H,11-12H2,1-2H3. The zero-order chi connectivity index (χ0) is 16.2. The first-order valence-corrected chi connectivity index (χ1v) is 7.51. The van der Waals surface area contributed by atoms with E-state index in [1.165, 1.54) is 0 Å². The number of nitrogens with zero attached hydrogens (tertiary/aromatic N) is 3. The van der Waals surface area contributed by atoms with Crippen LogP contribution < -0.4 is 14.4 Å². The third kappa shape index (κ3) is 3.36. The molecule has 6 nitrogen and oxygen atoms in total. The van der Waals surface area contributed by atoms with Crippen LogP contribution in [0.4, 0.5) is 5.69 Å². The predicted molar refractivity (Wildman–Crippen MR) is 88.7 cm³/mol. The third-order valence-electron chi connectivity index (χ3n) is 3.50. The minimum Gasteiger partial charge on any atom is -0.454 e. The molecule has 1 aromatic carbocycles. The topological polar surface area (TPSA) is 54.4 Å². The van der Waals surface area contributed by atoms with Crippen LogP contribution in [0.5, 0.6) is 11.5 Å². The van der Waals surface area contributed by atoms with E-state index in [2.05, 4.69) is 5.10 Å². The highest BCUT2D eigenvalue weighted by Gasteiger charge is 2.23. The predicted octanol–water partition coefficient (Wildman–Crippen LogP) is 2.53. The molecule has 0 N–H and O–H groups in total. The number of rotatable bonds is 4. The quantitative estimate of drug-likeness (QED) is 0.857. The van der Waals surface area contributed by atoms with Gasteiger partial charge < -0.3 is 14.4 Å². The van der Waals surface area contributed by atoms with Crippen LogP contribution in [-0.2, 0) is 4.79 Å². The van der Waals surface area contributed by atoms with Gasteiger partial charge in [-0.2, -0.15) is 5.10 Å². The molecular formula is C17H19N3O3. The van der Waals surface area contributed by atoms with Gasteiger partial charge in [-0.25, -0.2) is 0 Å². The number of fused-ring (bicyclic) bond motifs is 1. The summed E-state index contributed by atoms with van der Waals surface area (Å²) in [6.07, 6.45) is 8.97. The second-order valence-corrected chi connectivity index (χ2v) is 5.48. The fraction of sp³-hybridized carbons (Fsp3) is 0.294. The molecule has 0 fully saturated rings. The molecule has 0 saturated heterocycles. The Morgan fingerprint density at radius 2 is 2.09 bits per heavy atom. The summed E-state index contributed by atoms with van der Waals surface area (Å²) in [4.78, 5) is 14.5.